The summed E-state index contributed by atoms with van der Waals surface area (Å²) in [7, 11) is 0. The van der Waals surface area contributed by atoms with Crippen LogP contribution in [0.3, 0.4) is 0 Å². The van der Waals surface area contributed by atoms with Gasteiger partial charge in [0.25, 0.3) is 0 Å². The van der Waals surface area contributed by atoms with E-state index in [1.165, 1.54) is 49.9 Å². The Kier molecular flexibility index (Phi) is 21.4. The number of aliphatic hydroxyl groups is 1. The second-order valence-electron chi connectivity index (χ2n) is 30.9. The lowest BCUT2D eigenvalue weighted by molar-refractivity contribution is -0.154. The number of alkyl halides is 12. The first-order chi connectivity index (χ1) is 60.6. The maximum Gasteiger partial charge on any atom is 0.449 e. The van der Waals surface area contributed by atoms with Crippen LogP contribution in [0.4, 0.5) is 75.4 Å². The van der Waals surface area contributed by atoms with Gasteiger partial charge in [-0.05, 0) is 180 Å². The van der Waals surface area contributed by atoms with Gasteiger partial charge in [-0.3, -0.25) is 19.2 Å². The van der Waals surface area contributed by atoms with Crippen LogP contribution < -0.4 is 62.2 Å². The summed E-state index contributed by atoms with van der Waals surface area (Å²) in [4.78, 5) is 61.1. The van der Waals surface area contributed by atoms with Crippen molar-refractivity contribution >= 4 is 46.4 Å². The number of aryl methyl sites for hydroxylation is 2. The minimum absolute atomic E-state index is 0. The molecule has 1 unspecified atom stereocenters. The number of hydrogen-bond donors (Lipinski definition) is 2. The number of carbonyl (C=O) groups excluding carboxylic acids is 4. The Balaban J connectivity index is 0.000000120. The van der Waals surface area contributed by atoms with Gasteiger partial charge in [-0.15, -0.1) is 0 Å². The summed E-state index contributed by atoms with van der Waals surface area (Å²) >= 11 is 0. The van der Waals surface area contributed by atoms with Crippen molar-refractivity contribution in [3.05, 3.63) is 296 Å². The first kappa shape index (κ1) is 86.0. The molecule has 0 saturated carbocycles. The first-order valence-electron chi connectivity index (χ1n) is 39.6. The molecule has 664 valence electrons. The van der Waals surface area contributed by atoms with Crippen LogP contribution in [0.1, 0.15) is 136 Å². The number of amides is 4. The number of phenols is 1. The lowest BCUT2D eigenvalue weighted by Gasteiger charge is -2.30. The van der Waals surface area contributed by atoms with E-state index in [1.54, 1.807) is 72.8 Å². The number of fused-ring (bicyclic) bond motifs is 11. The molecular formula is C93H74F12N4O19. The van der Waals surface area contributed by atoms with Crippen LogP contribution >= 0.6 is 0 Å². The number of hydrogen-bond acceptors (Lipinski definition) is 19. The van der Waals surface area contributed by atoms with Gasteiger partial charge in [0.1, 0.15) is 62.8 Å². The SMILES string of the molecule is C.CCC1(c2cc3c(cc2C)OCO3)C(=O)N(Cc2ccc(C(F)(F)F)o2)c2ccccc21.CC[C@]1(c2cc3c(cc2C)OCO3)C(=O)N(Cc2ccc(C(F)(F)F)o2)c2ccccc21.O=C1N(Cc2ccc(C(F)(F)F)o2)c2ccccc2[C@@]1(CO)c1cc2c(cc1O)OCO2.O=C1N(Cc2ccc(C(F)(F)F)o2)c2ccccc2[C@]12COc1cc3c(cc12)OCO3. The van der Waals surface area contributed by atoms with Gasteiger partial charge in [0, 0.05) is 46.0 Å². The summed E-state index contributed by atoms with van der Waals surface area (Å²) < 4.78 is 225. The first-order valence-corrected chi connectivity index (χ1v) is 39.6. The van der Waals surface area contributed by atoms with Crippen molar-refractivity contribution in [1.29, 1.82) is 0 Å². The van der Waals surface area contributed by atoms with Gasteiger partial charge in [0.05, 0.1) is 32.8 Å². The minimum atomic E-state index is -4.65. The van der Waals surface area contributed by atoms with E-state index < -0.39 is 81.9 Å². The second kappa shape index (κ2) is 31.8. The predicted molar refractivity (Wildman–Crippen MR) is 430 cm³/mol. The molecule has 4 atom stereocenters. The van der Waals surface area contributed by atoms with E-state index in [2.05, 4.69) is 0 Å². The highest BCUT2D eigenvalue weighted by Crippen LogP contribution is 2.59. The monoisotopic (exact) mass is 1780 g/mol. The van der Waals surface area contributed by atoms with Crippen molar-refractivity contribution in [3.8, 4) is 57.5 Å². The fraction of sp³-hybridized carbons (Fsp3) is 0.269. The molecule has 8 aromatic carbocycles. The number of ether oxygens (including phenoxy) is 9. The largest absolute Gasteiger partial charge is 0.507 e. The van der Waals surface area contributed by atoms with E-state index in [1.807, 2.05) is 88.4 Å². The van der Waals surface area contributed by atoms with E-state index >= 15 is 0 Å². The molecule has 1 spiro atoms. The molecule has 23 nitrogen and oxygen atoms in total. The number of aromatic hydroxyl groups is 1. The van der Waals surface area contributed by atoms with Crippen LogP contribution in [0.5, 0.6) is 57.5 Å². The normalized spacial score (nSPS) is 19.7. The Morgan fingerprint density at radius 2 is 0.602 bits per heavy atom. The smallest absolute Gasteiger partial charge is 0.449 e. The molecule has 9 aliphatic heterocycles. The molecule has 21 rings (SSSR count). The number of phenolic OH excluding ortho intramolecular Hbond substituents is 1. The number of halogens is 12. The third-order valence-corrected chi connectivity index (χ3v) is 24.1. The molecule has 0 fully saturated rings. The minimum Gasteiger partial charge on any atom is -0.507 e. The van der Waals surface area contributed by atoms with Crippen LogP contribution in [0.15, 0.2) is 212 Å². The molecule has 128 heavy (non-hydrogen) atoms. The maximum absolute atomic E-state index is 14.0. The maximum atomic E-state index is 14.0. The molecule has 35 heteroatoms. The van der Waals surface area contributed by atoms with Crippen LogP contribution in [-0.2, 0) is 91.7 Å². The Hall–Kier alpha value is -14.1. The van der Waals surface area contributed by atoms with Crippen molar-refractivity contribution in [2.24, 2.45) is 0 Å². The number of benzene rings is 8. The van der Waals surface area contributed by atoms with Crippen molar-refractivity contribution < 1.29 is 142 Å². The lowest BCUT2D eigenvalue weighted by atomic mass is 9.71. The average Bonchev–Trinajstić information content (AvgIpc) is 1.54. The van der Waals surface area contributed by atoms with Crippen LogP contribution in [0.25, 0.3) is 0 Å². The van der Waals surface area contributed by atoms with Crippen LogP contribution in [0.2, 0.25) is 0 Å². The van der Waals surface area contributed by atoms with Gasteiger partial charge in [0.2, 0.25) is 73.8 Å². The molecule has 4 amide bonds. The summed E-state index contributed by atoms with van der Waals surface area (Å²) in [5, 5.41) is 21.1. The molecule has 9 aliphatic rings. The summed E-state index contributed by atoms with van der Waals surface area (Å²) in [6.07, 6.45) is -17.5. The number of nitrogens with zero attached hydrogens (tertiary/aromatic N) is 4. The van der Waals surface area contributed by atoms with E-state index in [4.69, 9.17) is 60.3 Å². The lowest BCUT2D eigenvalue weighted by Crippen LogP contribution is -2.43. The Labute approximate surface area is 719 Å². The zero-order valence-electron chi connectivity index (χ0n) is 67.1. The average molecular weight is 1780 g/mol. The zero-order chi connectivity index (χ0) is 89.4. The third kappa shape index (κ3) is 14.1. The molecule has 0 bridgehead atoms. The number of anilines is 4. The molecule has 13 heterocycles. The molecule has 0 aliphatic carbocycles. The topological polar surface area (TPSA) is 257 Å². The van der Waals surface area contributed by atoms with Crippen molar-refractivity contribution in [2.45, 2.75) is 121 Å². The van der Waals surface area contributed by atoms with E-state index in [-0.39, 0.29) is 119 Å². The number of para-hydroxylation sites is 4. The molecule has 0 saturated heterocycles. The van der Waals surface area contributed by atoms with Crippen molar-refractivity contribution in [1.82, 2.24) is 0 Å². The van der Waals surface area contributed by atoms with Crippen LogP contribution in [0, 0.1) is 13.8 Å². The van der Waals surface area contributed by atoms with Gasteiger partial charge >= 0.3 is 24.7 Å². The highest BCUT2D eigenvalue weighted by molar-refractivity contribution is 6.14. The molecule has 12 aromatic rings. The molecule has 4 aromatic heterocycles. The van der Waals surface area contributed by atoms with Gasteiger partial charge in [0.15, 0.2) is 46.0 Å². The Bertz CT molecular complexity index is 5960. The second-order valence-corrected chi connectivity index (χ2v) is 30.9. The zero-order valence-corrected chi connectivity index (χ0v) is 67.1. The summed E-state index contributed by atoms with van der Waals surface area (Å²) in [6, 6.07) is 50.4. The Morgan fingerprint density at radius 1 is 0.320 bits per heavy atom. The fourth-order valence-electron chi connectivity index (χ4n) is 18.2. The number of aliphatic hydroxyl groups excluding tert-OH is 1. The molecular weight excluding hydrogens is 1710 g/mol. The highest BCUT2D eigenvalue weighted by Gasteiger charge is 2.60. The predicted octanol–water partition coefficient (Wildman–Crippen LogP) is 19.6. The van der Waals surface area contributed by atoms with E-state index in [0.717, 1.165) is 69.3 Å². The van der Waals surface area contributed by atoms with Gasteiger partial charge in [-0.25, -0.2) is 0 Å². The molecule has 0 radical (unpaired) electrons. The molecule has 2 N–H and O–H groups in total. The summed E-state index contributed by atoms with van der Waals surface area (Å²) in [6.45, 7) is 6.70. The fourth-order valence-corrected chi connectivity index (χ4v) is 18.2. The Morgan fingerprint density at radius 3 is 0.938 bits per heavy atom. The van der Waals surface area contributed by atoms with Crippen molar-refractivity contribution in [2.75, 3.05) is 60.0 Å². The van der Waals surface area contributed by atoms with Crippen molar-refractivity contribution in [3.63, 3.8) is 0 Å². The quantitative estimate of drug-likeness (QED) is 0.0959. The number of carbonyl (C=O) groups is 4. The van der Waals surface area contributed by atoms with Gasteiger partial charge in [-0.1, -0.05) is 94.1 Å². The summed E-state index contributed by atoms with van der Waals surface area (Å²) in [5.74, 6) is -1.40. The van der Waals surface area contributed by atoms with E-state index in [9.17, 15) is 82.1 Å². The summed E-state index contributed by atoms with van der Waals surface area (Å²) in [5.41, 5.74) is 4.28. The number of rotatable bonds is 14. The standard InChI is InChI=1S/2C24H20F3NO4.C22H16F3NO6.C22H14F3NO5.CH4/c2*1-3-23(17-11-20-19(10-14(17)2)30-13-31-20)16-6-4-5-7-18(16)28(22(23)29)12-15-8-9-21(32-15)24(25,26)27;23-22(24,25)19-6-5-12(32-19)9-26-15-4-2-1-3-13(15)21(10-27,20(26)29)14-7-17-18(8-16(14)28)31-11-30-17;23-22(24,25)19-6-5-12(31-19)9-26-15-4-2-1-3-13(15)21(20(26)27)10-28-16-8-18-17(7-14(16)21)29-11-30-18;/h2*4-11H,3,12-13H2,1-2H3;1-8,27-28H,9-11H2;1-8H,9-11H2;1H4/t23-;;2*21-;/m0.00./s1. The third-order valence-electron chi connectivity index (χ3n) is 24.1. The van der Waals surface area contributed by atoms with Gasteiger partial charge < -0.3 is 90.1 Å². The highest BCUT2D eigenvalue weighted by atomic mass is 19.4. The van der Waals surface area contributed by atoms with Gasteiger partial charge in [-0.2, -0.15) is 52.7 Å². The van der Waals surface area contributed by atoms with E-state index in [0.29, 0.717) is 98.5 Å². The number of furan rings is 4. The van der Waals surface area contributed by atoms with Crippen LogP contribution in [-0.4, -0.2) is 74.2 Å².